The maximum absolute atomic E-state index is 13.6. The Bertz CT molecular complexity index is 347. The highest BCUT2D eigenvalue weighted by Gasteiger charge is 2.85. The number of nitrogens with zero attached hydrogens (tertiary/aromatic N) is 1. The zero-order valence-corrected chi connectivity index (χ0v) is 8.68. The number of halogens is 5. The summed E-state index contributed by atoms with van der Waals surface area (Å²) < 4.78 is 73.4. The first-order chi connectivity index (χ1) is 7.37. The highest BCUT2D eigenvalue weighted by Crippen LogP contribution is 2.59. The second-order valence-corrected chi connectivity index (χ2v) is 3.90. The summed E-state index contributed by atoms with van der Waals surface area (Å²) in [4.78, 5) is 8.50. The lowest BCUT2D eigenvalue weighted by Gasteiger charge is -2.29. The fourth-order valence-corrected chi connectivity index (χ4v) is 1.34. The Morgan fingerprint density at radius 1 is 1.24 bits per heavy atom. The first-order valence-electron chi connectivity index (χ1n) is 4.28. The summed E-state index contributed by atoms with van der Waals surface area (Å²) >= 11 is 0. The van der Waals surface area contributed by atoms with Crippen molar-refractivity contribution >= 4 is 0 Å². The van der Waals surface area contributed by atoms with Crippen LogP contribution in [0.2, 0.25) is 0 Å². The molecule has 17 heavy (non-hydrogen) atoms. The van der Waals surface area contributed by atoms with Crippen molar-refractivity contribution in [2.24, 2.45) is 0 Å². The maximum Gasteiger partial charge on any atom is 0.422 e. The molecule has 1 unspecified atom stereocenters. The number of ether oxygens (including phenoxy) is 2. The smallest absolute Gasteiger partial charge is 0.303 e. The summed E-state index contributed by atoms with van der Waals surface area (Å²) in [7, 11) is 0. The SMILES string of the molecule is CC1(C)OC(F)(F)C(F)(OC[N+](=O)[O-])C1(F)F. The van der Waals surface area contributed by atoms with Gasteiger partial charge in [-0.25, -0.2) is 0 Å². The van der Waals surface area contributed by atoms with Crippen LogP contribution in [0.1, 0.15) is 13.8 Å². The van der Waals surface area contributed by atoms with Crippen LogP contribution in [0.3, 0.4) is 0 Å². The van der Waals surface area contributed by atoms with E-state index < -0.39 is 35.1 Å². The molecule has 0 amide bonds. The molecule has 1 aliphatic heterocycles. The van der Waals surface area contributed by atoms with Crippen molar-refractivity contribution in [3.63, 3.8) is 0 Å². The van der Waals surface area contributed by atoms with Crippen LogP contribution in [0.4, 0.5) is 22.0 Å². The highest BCUT2D eigenvalue weighted by molar-refractivity contribution is 5.09. The minimum Gasteiger partial charge on any atom is -0.303 e. The first-order valence-corrected chi connectivity index (χ1v) is 4.28. The largest absolute Gasteiger partial charge is 0.422 e. The fraction of sp³-hybridized carbons (Fsp3) is 1.00. The lowest BCUT2D eigenvalue weighted by Crippen LogP contribution is -2.57. The molecule has 0 aromatic carbocycles. The standard InChI is InChI=1S/C7H8F5NO4/c1-4(2)5(8,9)6(10,7(11,12)17-4)16-3-13(14)15/h3H2,1-2H3. The normalized spacial score (nSPS) is 33.6. The van der Waals surface area contributed by atoms with Crippen molar-refractivity contribution in [1.29, 1.82) is 0 Å². The van der Waals surface area contributed by atoms with Gasteiger partial charge in [-0.3, -0.25) is 14.9 Å². The molecule has 0 aromatic heterocycles. The summed E-state index contributed by atoms with van der Waals surface area (Å²) in [6.07, 6.45) is -4.99. The number of rotatable bonds is 3. The van der Waals surface area contributed by atoms with E-state index in [9.17, 15) is 32.1 Å². The van der Waals surface area contributed by atoms with Crippen molar-refractivity contribution in [2.75, 3.05) is 6.73 Å². The molecule has 5 nitrogen and oxygen atoms in total. The molecule has 0 aliphatic carbocycles. The molecule has 1 aliphatic rings. The molecule has 100 valence electrons. The van der Waals surface area contributed by atoms with E-state index in [1.807, 2.05) is 0 Å². The van der Waals surface area contributed by atoms with E-state index in [0.717, 1.165) is 0 Å². The van der Waals surface area contributed by atoms with Gasteiger partial charge in [-0.05, 0) is 13.8 Å². The molecular formula is C7H8F5NO4. The lowest BCUT2D eigenvalue weighted by molar-refractivity contribution is -0.556. The Labute approximate surface area is 91.6 Å². The molecule has 10 heteroatoms. The fourth-order valence-electron chi connectivity index (χ4n) is 1.34. The first kappa shape index (κ1) is 14.0. The van der Waals surface area contributed by atoms with Gasteiger partial charge in [-0.1, -0.05) is 0 Å². The monoisotopic (exact) mass is 265 g/mol. The van der Waals surface area contributed by atoms with Gasteiger partial charge < -0.3 is 4.74 Å². The number of hydrogen-bond donors (Lipinski definition) is 0. The highest BCUT2D eigenvalue weighted by atomic mass is 19.3. The summed E-state index contributed by atoms with van der Waals surface area (Å²) in [5.41, 5.74) is -2.86. The number of nitro groups is 1. The summed E-state index contributed by atoms with van der Waals surface area (Å²) in [5, 5.41) is 9.86. The molecule has 0 spiro atoms. The third-order valence-electron chi connectivity index (χ3n) is 2.29. The average Bonchev–Trinajstić information content (AvgIpc) is 2.18. The van der Waals surface area contributed by atoms with E-state index in [4.69, 9.17) is 0 Å². The van der Waals surface area contributed by atoms with Gasteiger partial charge in [0.05, 0.1) is 0 Å². The minimum absolute atomic E-state index is 0.526. The zero-order chi connectivity index (χ0) is 13.7. The Balaban J connectivity index is 3.14. The van der Waals surface area contributed by atoms with Crippen molar-refractivity contribution in [3.8, 4) is 0 Å². The predicted molar refractivity (Wildman–Crippen MR) is 41.8 cm³/mol. The van der Waals surface area contributed by atoms with Crippen molar-refractivity contribution in [3.05, 3.63) is 10.1 Å². The van der Waals surface area contributed by atoms with Crippen LogP contribution in [0, 0.1) is 10.1 Å². The molecule has 1 saturated heterocycles. The van der Waals surface area contributed by atoms with Gasteiger partial charge in [0.15, 0.2) is 0 Å². The van der Waals surface area contributed by atoms with Crippen LogP contribution in [0.25, 0.3) is 0 Å². The van der Waals surface area contributed by atoms with Crippen molar-refractivity contribution in [1.82, 2.24) is 0 Å². The van der Waals surface area contributed by atoms with Crippen LogP contribution in [-0.4, -0.2) is 35.1 Å². The minimum atomic E-state index is -4.99. The van der Waals surface area contributed by atoms with E-state index in [1.54, 1.807) is 0 Å². The Morgan fingerprint density at radius 3 is 2.00 bits per heavy atom. The van der Waals surface area contributed by atoms with E-state index >= 15 is 0 Å². The summed E-state index contributed by atoms with van der Waals surface area (Å²) in [6.45, 7) is -0.781. The zero-order valence-electron chi connectivity index (χ0n) is 8.68. The molecule has 1 fully saturated rings. The quantitative estimate of drug-likeness (QED) is 0.338. The van der Waals surface area contributed by atoms with Crippen LogP contribution in [-0.2, 0) is 9.47 Å². The van der Waals surface area contributed by atoms with Gasteiger partial charge in [-0.15, -0.1) is 0 Å². The van der Waals surface area contributed by atoms with E-state index in [2.05, 4.69) is 9.47 Å². The molecule has 0 N–H and O–H groups in total. The van der Waals surface area contributed by atoms with Gasteiger partial charge in [0.2, 0.25) is 0 Å². The second-order valence-electron chi connectivity index (χ2n) is 3.90. The molecular weight excluding hydrogens is 257 g/mol. The van der Waals surface area contributed by atoms with Crippen molar-refractivity contribution in [2.45, 2.75) is 37.3 Å². The molecule has 1 heterocycles. The average molecular weight is 265 g/mol. The Kier molecular flexibility index (Phi) is 2.87. The van der Waals surface area contributed by atoms with Crippen LogP contribution < -0.4 is 0 Å². The van der Waals surface area contributed by atoms with E-state index in [0.29, 0.717) is 13.8 Å². The molecule has 1 atom stereocenters. The van der Waals surface area contributed by atoms with E-state index in [-0.39, 0.29) is 0 Å². The van der Waals surface area contributed by atoms with Crippen LogP contribution in [0.15, 0.2) is 0 Å². The second kappa shape index (κ2) is 3.48. The van der Waals surface area contributed by atoms with Crippen molar-refractivity contribution < 1.29 is 36.3 Å². The summed E-state index contributed by atoms with van der Waals surface area (Å²) in [6, 6.07) is 0. The molecule has 0 radical (unpaired) electrons. The third-order valence-corrected chi connectivity index (χ3v) is 2.29. The third kappa shape index (κ3) is 1.75. The van der Waals surface area contributed by atoms with Gasteiger partial charge in [0, 0.05) is 4.92 Å². The Morgan fingerprint density at radius 2 is 1.71 bits per heavy atom. The van der Waals surface area contributed by atoms with Gasteiger partial charge >= 0.3 is 24.6 Å². The molecule has 0 bridgehead atoms. The van der Waals surface area contributed by atoms with Gasteiger partial charge in [0.1, 0.15) is 5.60 Å². The summed E-state index contributed by atoms with van der Waals surface area (Å²) in [5.74, 6) is -9.63. The van der Waals surface area contributed by atoms with Crippen LogP contribution in [0.5, 0.6) is 0 Å². The number of alkyl halides is 5. The van der Waals surface area contributed by atoms with Crippen LogP contribution >= 0.6 is 0 Å². The molecule has 1 rings (SSSR count). The molecule has 0 aromatic rings. The van der Waals surface area contributed by atoms with Gasteiger partial charge in [-0.2, -0.15) is 22.0 Å². The van der Waals surface area contributed by atoms with E-state index in [1.165, 1.54) is 0 Å². The topological polar surface area (TPSA) is 61.6 Å². The molecule has 0 saturated carbocycles. The maximum atomic E-state index is 13.6. The predicted octanol–water partition coefficient (Wildman–Crippen LogP) is 1.94. The number of hydrogen-bond acceptors (Lipinski definition) is 4. The van der Waals surface area contributed by atoms with Gasteiger partial charge in [0.25, 0.3) is 0 Å². The Hall–Kier alpha value is -1.03. The lowest BCUT2D eigenvalue weighted by atomic mass is 9.97.